The van der Waals surface area contributed by atoms with Gasteiger partial charge in [0.1, 0.15) is 17.7 Å². The van der Waals surface area contributed by atoms with Gasteiger partial charge in [-0.2, -0.15) is 12.6 Å². The third-order valence-electron chi connectivity index (χ3n) is 6.25. The first-order chi connectivity index (χ1) is 19.1. The summed E-state index contributed by atoms with van der Waals surface area (Å²) in [6.45, 7) is 11.4. The van der Waals surface area contributed by atoms with Gasteiger partial charge in [-0.15, -0.1) is 0 Å². The first-order valence-corrected chi connectivity index (χ1v) is 14.1. The number of hydrogen-bond donors (Lipinski definition) is 3. The average Bonchev–Trinajstić information content (AvgIpc) is 2.92. The molecule has 0 bridgehead atoms. The summed E-state index contributed by atoms with van der Waals surface area (Å²) < 4.78 is 5.37. The topological polar surface area (TPSA) is 87.7 Å². The van der Waals surface area contributed by atoms with E-state index in [1.807, 2.05) is 73.7 Å². The number of nitrogens with zero attached hydrogens (tertiary/aromatic N) is 1. The molecule has 212 valence electrons. The lowest BCUT2D eigenvalue weighted by Gasteiger charge is -2.34. The van der Waals surface area contributed by atoms with E-state index in [-0.39, 0.29) is 11.7 Å². The van der Waals surface area contributed by atoms with E-state index in [0.29, 0.717) is 24.2 Å². The van der Waals surface area contributed by atoms with Gasteiger partial charge in [-0.3, -0.25) is 9.59 Å². The van der Waals surface area contributed by atoms with Crippen LogP contribution in [-0.2, 0) is 14.3 Å². The molecule has 0 saturated carbocycles. The van der Waals surface area contributed by atoms with Crippen molar-refractivity contribution < 1.29 is 19.1 Å². The van der Waals surface area contributed by atoms with Crippen LogP contribution in [0.15, 0.2) is 73.3 Å². The van der Waals surface area contributed by atoms with Crippen molar-refractivity contribution in [2.75, 3.05) is 17.6 Å². The zero-order valence-electron chi connectivity index (χ0n) is 23.6. The molecule has 2 unspecified atom stereocenters. The lowest BCUT2D eigenvalue weighted by Crippen LogP contribution is -2.53. The highest BCUT2D eigenvalue weighted by Crippen LogP contribution is 2.27. The van der Waals surface area contributed by atoms with E-state index in [1.54, 1.807) is 26.8 Å². The standard InChI is InChI=1S/C32H39N3O4S/c1-6-8-18-35(30(37)27(21-40)34-31(38)39-32(3,4)5)28(25-15-11-12-22(7-2)19-25)29(36)33-26-17-16-23-13-9-10-14-24(23)20-26/h7,9-17,19-20,27-28,40H,2,6,8,18,21H2,1,3-5H3,(H,33,36)(H,34,38). The molecule has 2 N–H and O–H groups in total. The van der Waals surface area contributed by atoms with Gasteiger partial charge in [-0.05, 0) is 67.3 Å². The molecule has 8 heteroatoms. The summed E-state index contributed by atoms with van der Waals surface area (Å²) in [5.41, 5.74) is 1.34. The monoisotopic (exact) mass is 561 g/mol. The number of nitrogens with one attached hydrogen (secondary N) is 2. The quantitative estimate of drug-likeness (QED) is 0.230. The Morgan fingerprint density at radius 1 is 1.02 bits per heavy atom. The normalized spacial score (nSPS) is 12.7. The first kappa shape index (κ1) is 30.8. The lowest BCUT2D eigenvalue weighted by atomic mass is 10.00. The number of carbonyl (C=O) groups is 3. The van der Waals surface area contributed by atoms with Crippen molar-refractivity contribution in [1.29, 1.82) is 0 Å². The molecule has 0 saturated heterocycles. The number of anilines is 1. The highest BCUT2D eigenvalue weighted by Gasteiger charge is 2.35. The van der Waals surface area contributed by atoms with E-state index in [2.05, 4.69) is 29.8 Å². The van der Waals surface area contributed by atoms with Gasteiger partial charge in [-0.1, -0.05) is 74.5 Å². The minimum atomic E-state index is -0.992. The second-order valence-electron chi connectivity index (χ2n) is 10.6. The molecular formula is C32H39N3O4S. The number of unbranched alkanes of at least 4 members (excludes halogenated alkanes) is 1. The molecule has 3 rings (SSSR count). The van der Waals surface area contributed by atoms with Crippen LogP contribution in [0.3, 0.4) is 0 Å². The predicted molar refractivity (Wildman–Crippen MR) is 165 cm³/mol. The second-order valence-corrected chi connectivity index (χ2v) is 11.0. The van der Waals surface area contributed by atoms with Gasteiger partial charge in [0.05, 0.1) is 0 Å². The Hall–Kier alpha value is -3.78. The fourth-order valence-electron chi connectivity index (χ4n) is 4.34. The van der Waals surface area contributed by atoms with Crippen molar-refractivity contribution in [1.82, 2.24) is 10.2 Å². The molecule has 40 heavy (non-hydrogen) atoms. The maximum absolute atomic E-state index is 14.0. The maximum Gasteiger partial charge on any atom is 0.408 e. The van der Waals surface area contributed by atoms with Gasteiger partial charge in [0.25, 0.3) is 5.91 Å². The van der Waals surface area contributed by atoms with Crippen LogP contribution in [0.2, 0.25) is 0 Å². The number of amides is 3. The molecule has 0 spiro atoms. The molecule has 0 aliphatic rings. The first-order valence-electron chi connectivity index (χ1n) is 13.5. The number of benzene rings is 3. The maximum atomic E-state index is 14.0. The Kier molecular flexibility index (Phi) is 10.8. The molecule has 0 aliphatic heterocycles. The van der Waals surface area contributed by atoms with E-state index in [1.165, 1.54) is 4.90 Å². The summed E-state index contributed by atoms with van der Waals surface area (Å²) in [6, 6.07) is 19.0. The number of hydrogen-bond acceptors (Lipinski definition) is 5. The smallest absolute Gasteiger partial charge is 0.408 e. The molecule has 3 aromatic rings. The Labute approximate surface area is 242 Å². The number of ether oxygens (including phenoxy) is 1. The van der Waals surface area contributed by atoms with E-state index in [9.17, 15) is 14.4 Å². The van der Waals surface area contributed by atoms with Gasteiger partial charge in [0, 0.05) is 18.0 Å². The van der Waals surface area contributed by atoms with Crippen LogP contribution in [0.1, 0.15) is 57.7 Å². The van der Waals surface area contributed by atoms with Gasteiger partial charge in [0.2, 0.25) is 5.91 Å². The van der Waals surface area contributed by atoms with Gasteiger partial charge < -0.3 is 20.3 Å². The van der Waals surface area contributed by atoms with Gasteiger partial charge in [0.15, 0.2) is 0 Å². The fraction of sp³-hybridized carbons (Fsp3) is 0.344. The average molecular weight is 562 g/mol. The fourth-order valence-corrected chi connectivity index (χ4v) is 4.58. The molecular weight excluding hydrogens is 522 g/mol. The summed E-state index contributed by atoms with van der Waals surface area (Å²) in [4.78, 5) is 42.1. The van der Waals surface area contributed by atoms with E-state index in [4.69, 9.17) is 4.74 Å². The number of carbonyl (C=O) groups excluding carboxylic acids is 3. The molecule has 3 amide bonds. The number of alkyl carbamates (subject to hydrolysis) is 1. The van der Waals surface area contributed by atoms with E-state index >= 15 is 0 Å². The Morgan fingerprint density at radius 3 is 2.40 bits per heavy atom. The Bertz CT molecular complexity index is 1350. The van der Waals surface area contributed by atoms with Crippen LogP contribution in [-0.4, -0.2) is 46.7 Å². The SMILES string of the molecule is C=Cc1cccc(C(C(=O)Nc2ccc3ccccc3c2)N(CCCC)C(=O)C(CS)NC(=O)OC(C)(C)C)c1. The highest BCUT2D eigenvalue weighted by atomic mass is 32.1. The molecule has 0 aromatic heterocycles. The van der Waals surface area contributed by atoms with Gasteiger partial charge >= 0.3 is 6.09 Å². The number of fused-ring (bicyclic) bond motifs is 1. The molecule has 0 radical (unpaired) electrons. The van der Waals surface area contributed by atoms with Crippen LogP contribution in [0.25, 0.3) is 16.8 Å². The molecule has 0 heterocycles. The summed E-state index contributed by atoms with van der Waals surface area (Å²) in [5.74, 6) is -0.750. The van der Waals surface area contributed by atoms with Crippen LogP contribution < -0.4 is 10.6 Å². The zero-order valence-corrected chi connectivity index (χ0v) is 24.5. The second kappa shape index (κ2) is 14.0. The van der Waals surface area contributed by atoms with Crippen LogP contribution >= 0.6 is 12.6 Å². The third kappa shape index (κ3) is 8.36. The van der Waals surface area contributed by atoms with Crippen LogP contribution in [0, 0.1) is 0 Å². The van der Waals surface area contributed by atoms with Crippen LogP contribution in [0.4, 0.5) is 10.5 Å². The zero-order chi connectivity index (χ0) is 29.3. The van der Waals surface area contributed by atoms with Crippen molar-refractivity contribution >= 4 is 53.1 Å². The summed E-state index contributed by atoms with van der Waals surface area (Å²) in [6.07, 6.45) is 2.45. The molecule has 3 aromatic carbocycles. The van der Waals surface area contributed by atoms with Gasteiger partial charge in [-0.25, -0.2) is 4.79 Å². The number of thiol groups is 1. The third-order valence-corrected chi connectivity index (χ3v) is 6.61. The summed E-state index contributed by atoms with van der Waals surface area (Å²) in [5, 5.41) is 7.70. The van der Waals surface area contributed by atoms with Crippen LogP contribution in [0.5, 0.6) is 0 Å². The molecule has 0 fully saturated rings. The van der Waals surface area contributed by atoms with Crippen molar-refractivity contribution in [2.24, 2.45) is 0 Å². The summed E-state index contributed by atoms with van der Waals surface area (Å²) in [7, 11) is 0. The number of rotatable bonds is 11. The van der Waals surface area contributed by atoms with Crippen molar-refractivity contribution in [3.8, 4) is 0 Å². The van der Waals surface area contributed by atoms with E-state index < -0.39 is 29.7 Å². The minimum absolute atomic E-state index is 0.0341. The predicted octanol–water partition coefficient (Wildman–Crippen LogP) is 6.61. The minimum Gasteiger partial charge on any atom is -0.444 e. The molecule has 2 atom stereocenters. The highest BCUT2D eigenvalue weighted by molar-refractivity contribution is 7.80. The largest absolute Gasteiger partial charge is 0.444 e. The summed E-state index contributed by atoms with van der Waals surface area (Å²) >= 11 is 4.35. The van der Waals surface area contributed by atoms with Crippen molar-refractivity contribution in [2.45, 2.75) is 58.2 Å². The molecule has 7 nitrogen and oxygen atoms in total. The Morgan fingerprint density at radius 2 is 1.75 bits per heavy atom. The van der Waals surface area contributed by atoms with Crippen molar-refractivity contribution in [3.63, 3.8) is 0 Å². The lowest BCUT2D eigenvalue weighted by molar-refractivity contribution is -0.140. The Balaban J connectivity index is 2.01. The molecule has 0 aliphatic carbocycles. The van der Waals surface area contributed by atoms with E-state index in [0.717, 1.165) is 22.8 Å². The van der Waals surface area contributed by atoms with Crippen molar-refractivity contribution in [3.05, 3.63) is 84.4 Å².